The van der Waals surface area contributed by atoms with Gasteiger partial charge in [0.05, 0.1) is 37.9 Å². The third-order valence-electron chi connectivity index (χ3n) is 3.65. The molecule has 0 aliphatic carbocycles. The minimum atomic E-state index is -0.311. The highest BCUT2D eigenvalue weighted by molar-refractivity contribution is 7.81. The Morgan fingerprint density at radius 3 is 2.23 bits per heavy atom. The van der Waals surface area contributed by atoms with Crippen LogP contribution in [0.25, 0.3) is 0 Å². The van der Waals surface area contributed by atoms with E-state index in [9.17, 15) is 4.79 Å². The summed E-state index contributed by atoms with van der Waals surface area (Å²) in [5, 5.41) is 2.71. The molecule has 0 atom stereocenters. The molecule has 1 amide bonds. The van der Waals surface area contributed by atoms with E-state index >= 15 is 0 Å². The van der Waals surface area contributed by atoms with Crippen LogP contribution in [0.3, 0.4) is 0 Å². The predicted molar refractivity (Wildman–Crippen MR) is 106 cm³/mol. The molecule has 6 nitrogen and oxygen atoms in total. The number of benzene rings is 2. The molecule has 0 unspecified atom stereocenters. The smallest absolute Gasteiger partial charge is 0.238 e. The van der Waals surface area contributed by atoms with Crippen LogP contribution in [0.1, 0.15) is 18.1 Å². The number of carbonyl (C=O) groups excluding carboxylic acids is 1. The summed E-state index contributed by atoms with van der Waals surface area (Å²) in [5.41, 5.74) is 7.46. The highest BCUT2D eigenvalue weighted by Gasteiger charge is 2.13. The molecule has 0 heterocycles. The van der Waals surface area contributed by atoms with E-state index < -0.39 is 0 Å². The van der Waals surface area contributed by atoms with Crippen molar-refractivity contribution >= 4 is 28.7 Å². The first kappa shape index (κ1) is 19.7. The van der Waals surface area contributed by atoms with E-state index in [2.05, 4.69) is 5.32 Å². The van der Waals surface area contributed by atoms with Gasteiger partial charge in [-0.25, -0.2) is 0 Å². The molecule has 0 radical (unpaired) electrons. The number of ether oxygens (including phenoxy) is 3. The molecule has 0 aromatic heterocycles. The monoisotopic (exact) mass is 374 g/mol. The highest BCUT2D eigenvalue weighted by atomic mass is 32.1. The number of carbonyl (C=O) groups is 1. The maximum absolute atomic E-state index is 11.6. The Morgan fingerprint density at radius 2 is 1.65 bits per heavy atom. The van der Waals surface area contributed by atoms with Gasteiger partial charge >= 0.3 is 0 Å². The molecular weight excluding hydrogens is 352 g/mol. The van der Waals surface area contributed by atoms with Crippen molar-refractivity contribution in [3.05, 3.63) is 47.5 Å². The second-order valence-electron chi connectivity index (χ2n) is 5.30. The summed E-state index contributed by atoms with van der Waals surface area (Å²) >= 11 is 5.62. The molecule has 26 heavy (non-hydrogen) atoms. The summed E-state index contributed by atoms with van der Waals surface area (Å²) in [6.07, 6.45) is 0. The SMILES string of the molecule is CCOc1cc(C(=S)c2ccc(OC)c(NC(=O)CN)c2)ccc1OC. The van der Waals surface area contributed by atoms with E-state index in [0.29, 0.717) is 34.4 Å². The van der Waals surface area contributed by atoms with Crippen molar-refractivity contribution < 1.29 is 19.0 Å². The van der Waals surface area contributed by atoms with E-state index in [1.54, 1.807) is 19.2 Å². The number of methoxy groups -OCH3 is 2. The van der Waals surface area contributed by atoms with Crippen LogP contribution in [0.15, 0.2) is 36.4 Å². The van der Waals surface area contributed by atoms with Gasteiger partial charge in [0.2, 0.25) is 5.91 Å². The van der Waals surface area contributed by atoms with Gasteiger partial charge in [0.15, 0.2) is 11.5 Å². The van der Waals surface area contributed by atoms with E-state index in [-0.39, 0.29) is 12.5 Å². The van der Waals surface area contributed by atoms with E-state index in [4.69, 9.17) is 32.2 Å². The van der Waals surface area contributed by atoms with E-state index in [1.165, 1.54) is 7.11 Å². The van der Waals surface area contributed by atoms with Crippen molar-refractivity contribution in [2.75, 3.05) is 32.7 Å². The zero-order valence-corrected chi connectivity index (χ0v) is 15.8. The maximum Gasteiger partial charge on any atom is 0.238 e. The number of hydrogen-bond acceptors (Lipinski definition) is 6. The molecule has 138 valence electrons. The summed E-state index contributed by atoms with van der Waals surface area (Å²) in [6.45, 7) is 2.30. The molecule has 7 heteroatoms. The second kappa shape index (κ2) is 9.17. The molecule has 0 aliphatic rings. The minimum absolute atomic E-state index is 0.117. The fraction of sp³-hybridized carbons (Fsp3) is 0.263. The lowest BCUT2D eigenvalue weighted by Gasteiger charge is -2.14. The molecule has 0 spiro atoms. The van der Waals surface area contributed by atoms with Crippen molar-refractivity contribution in [2.24, 2.45) is 5.73 Å². The van der Waals surface area contributed by atoms with Crippen LogP contribution in [-0.2, 0) is 4.79 Å². The van der Waals surface area contributed by atoms with Gasteiger partial charge in [-0.1, -0.05) is 12.2 Å². The summed E-state index contributed by atoms with van der Waals surface area (Å²) in [6, 6.07) is 10.9. The Morgan fingerprint density at radius 1 is 1.04 bits per heavy atom. The van der Waals surface area contributed by atoms with Crippen molar-refractivity contribution in [3.63, 3.8) is 0 Å². The topological polar surface area (TPSA) is 82.8 Å². The molecule has 2 aromatic carbocycles. The van der Waals surface area contributed by atoms with Crippen molar-refractivity contribution in [1.82, 2.24) is 0 Å². The number of nitrogens with two attached hydrogens (primary N) is 1. The number of rotatable bonds is 8. The normalized spacial score (nSPS) is 10.2. The van der Waals surface area contributed by atoms with Gasteiger partial charge in [0.25, 0.3) is 0 Å². The third kappa shape index (κ3) is 4.50. The van der Waals surface area contributed by atoms with Crippen LogP contribution in [-0.4, -0.2) is 38.1 Å². The van der Waals surface area contributed by atoms with Gasteiger partial charge in [-0.3, -0.25) is 4.79 Å². The first-order chi connectivity index (χ1) is 12.5. The summed E-state index contributed by atoms with van der Waals surface area (Å²) in [4.78, 5) is 12.2. The first-order valence-electron chi connectivity index (χ1n) is 8.07. The van der Waals surface area contributed by atoms with E-state index in [0.717, 1.165) is 11.1 Å². The Balaban J connectivity index is 2.38. The molecule has 0 saturated heterocycles. The predicted octanol–water partition coefficient (Wildman–Crippen LogP) is 2.77. The summed E-state index contributed by atoms with van der Waals surface area (Å²) < 4.78 is 16.2. The maximum atomic E-state index is 11.6. The van der Waals surface area contributed by atoms with Gasteiger partial charge in [0, 0.05) is 0 Å². The number of amides is 1. The van der Waals surface area contributed by atoms with Gasteiger partial charge in [-0.15, -0.1) is 0 Å². The van der Waals surface area contributed by atoms with Gasteiger partial charge in [0.1, 0.15) is 5.75 Å². The lowest BCUT2D eigenvalue weighted by Crippen LogP contribution is -2.22. The molecule has 0 fully saturated rings. The van der Waals surface area contributed by atoms with Crippen LogP contribution in [0, 0.1) is 0 Å². The fourth-order valence-corrected chi connectivity index (χ4v) is 2.65. The van der Waals surface area contributed by atoms with Crippen LogP contribution in [0.5, 0.6) is 17.2 Å². The van der Waals surface area contributed by atoms with Gasteiger partial charge in [-0.05, 0) is 54.4 Å². The Labute approximate surface area is 158 Å². The van der Waals surface area contributed by atoms with Crippen LogP contribution >= 0.6 is 12.2 Å². The van der Waals surface area contributed by atoms with E-state index in [1.807, 2.05) is 31.2 Å². The standard InChI is InChI=1S/C19H22N2O4S/c1-4-25-17-10-13(6-8-16(17)24-3)19(26)12-5-7-15(23-2)14(9-12)21-18(22)11-20/h5-10H,4,11,20H2,1-3H3,(H,21,22). The van der Waals surface area contributed by atoms with Gasteiger partial charge in [-0.2, -0.15) is 0 Å². The van der Waals surface area contributed by atoms with Crippen LogP contribution < -0.4 is 25.3 Å². The second-order valence-corrected chi connectivity index (χ2v) is 5.70. The number of nitrogens with one attached hydrogen (secondary N) is 1. The Kier molecular flexibility index (Phi) is 6.94. The lowest BCUT2D eigenvalue weighted by molar-refractivity contribution is -0.114. The lowest BCUT2D eigenvalue weighted by atomic mass is 10.0. The number of hydrogen-bond donors (Lipinski definition) is 2. The summed E-state index contributed by atoms with van der Waals surface area (Å²) in [7, 11) is 3.12. The molecule has 3 N–H and O–H groups in total. The zero-order chi connectivity index (χ0) is 19.1. The Hall–Kier alpha value is -2.64. The van der Waals surface area contributed by atoms with Crippen molar-refractivity contribution in [2.45, 2.75) is 6.92 Å². The molecule has 0 saturated carbocycles. The first-order valence-corrected chi connectivity index (χ1v) is 8.48. The number of anilines is 1. The highest BCUT2D eigenvalue weighted by Crippen LogP contribution is 2.31. The minimum Gasteiger partial charge on any atom is -0.495 e. The average molecular weight is 374 g/mol. The fourth-order valence-electron chi connectivity index (χ4n) is 2.40. The molecule has 2 rings (SSSR count). The van der Waals surface area contributed by atoms with Crippen molar-refractivity contribution in [3.8, 4) is 17.2 Å². The third-order valence-corrected chi connectivity index (χ3v) is 4.12. The van der Waals surface area contributed by atoms with Crippen LogP contribution in [0.4, 0.5) is 5.69 Å². The molecular formula is C19H22N2O4S. The zero-order valence-electron chi connectivity index (χ0n) is 15.0. The largest absolute Gasteiger partial charge is 0.495 e. The molecule has 0 bridgehead atoms. The van der Waals surface area contributed by atoms with Gasteiger partial charge < -0.3 is 25.3 Å². The van der Waals surface area contributed by atoms with Crippen molar-refractivity contribution in [1.29, 1.82) is 0 Å². The quantitative estimate of drug-likeness (QED) is 0.546. The molecule has 0 aliphatic heterocycles. The number of thiocarbonyl (C=S) groups is 1. The summed E-state index contributed by atoms with van der Waals surface area (Å²) in [5.74, 6) is 1.49. The molecule has 2 aromatic rings. The average Bonchev–Trinajstić information content (AvgIpc) is 2.67. The Bertz CT molecular complexity index is 808. The van der Waals surface area contributed by atoms with Crippen LogP contribution in [0.2, 0.25) is 0 Å².